The number of rotatable bonds is 3. The highest BCUT2D eigenvalue weighted by Crippen LogP contribution is 2.28. The molecular formula is C11H11N5OS. The third-order valence-corrected chi connectivity index (χ3v) is 3.60. The van der Waals surface area contributed by atoms with Gasteiger partial charge in [0.2, 0.25) is 5.89 Å². The van der Waals surface area contributed by atoms with Crippen LogP contribution in [0.2, 0.25) is 0 Å². The van der Waals surface area contributed by atoms with Crippen molar-refractivity contribution in [2.45, 2.75) is 20.4 Å². The van der Waals surface area contributed by atoms with Crippen molar-refractivity contribution in [3.05, 3.63) is 29.0 Å². The first-order valence-corrected chi connectivity index (χ1v) is 6.34. The van der Waals surface area contributed by atoms with Crippen LogP contribution in [0.25, 0.3) is 10.2 Å². The molecule has 3 aromatic heterocycles. The molecule has 0 saturated heterocycles. The van der Waals surface area contributed by atoms with Crippen LogP contribution in [0.3, 0.4) is 0 Å². The van der Waals surface area contributed by atoms with Gasteiger partial charge in [0.1, 0.15) is 12.1 Å². The first kappa shape index (κ1) is 11.1. The lowest BCUT2D eigenvalue weighted by atomic mass is 10.3. The fourth-order valence-corrected chi connectivity index (χ4v) is 2.63. The monoisotopic (exact) mass is 261 g/mol. The van der Waals surface area contributed by atoms with Gasteiger partial charge in [-0.05, 0) is 24.8 Å². The second kappa shape index (κ2) is 4.34. The number of thiophene rings is 1. The molecule has 0 spiro atoms. The smallest absolute Gasteiger partial charge is 0.245 e. The second-order valence-electron chi connectivity index (χ2n) is 3.91. The van der Waals surface area contributed by atoms with Crippen molar-refractivity contribution < 1.29 is 4.52 Å². The summed E-state index contributed by atoms with van der Waals surface area (Å²) in [6.07, 6.45) is 1.56. The number of hydrogen-bond acceptors (Lipinski definition) is 7. The first-order valence-electron chi connectivity index (χ1n) is 5.46. The molecule has 7 heteroatoms. The number of aryl methyl sites for hydroxylation is 2. The molecule has 3 aromatic rings. The zero-order chi connectivity index (χ0) is 12.5. The Morgan fingerprint density at radius 1 is 1.33 bits per heavy atom. The molecule has 1 N–H and O–H groups in total. The van der Waals surface area contributed by atoms with Gasteiger partial charge >= 0.3 is 0 Å². The molecule has 3 heterocycles. The molecule has 0 aliphatic heterocycles. The largest absolute Gasteiger partial charge is 0.360 e. The molecular weight excluding hydrogens is 250 g/mol. The van der Waals surface area contributed by atoms with E-state index < -0.39 is 0 Å². The average molecular weight is 261 g/mol. The molecule has 92 valence electrons. The fourth-order valence-electron chi connectivity index (χ4n) is 1.67. The van der Waals surface area contributed by atoms with Gasteiger partial charge in [-0.2, -0.15) is 4.98 Å². The summed E-state index contributed by atoms with van der Waals surface area (Å²) in [6, 6.07) is 0. The molecule has 0 unspecified atom stereocenters. The van der Waals surface area contributed by atoms with Crippen LogP contribution in [0.15, 0.2) is 16.2 Å². The zero-order valence-electron chi connectivity index (χ0n) is 9.97. The number of anilines is 1. The maximum atomic E-state index is 5.04. The molecule has 18 heavy (non-hydrogen) atoms. The highest BCUT2D eigenvalue weighted by molar-refractivity contribution is 7.17. The van der Waals surface area contributed by atoms with E-state index in [0.717, 1.165) is 21.6 Å². The Hall–Kier alpha value is -2.02. The summed E-state index contributed by atoms with van der Waals surface area (Å²) < 4.78 is 6.09. The minimum atomic E-state index is 0.462. The van der Waals surface area contributed by atoms with E-state index in [1.54, 1.807) is 24.6 Å². The third kappa shape index (κ3) is 1.92. The Balaban J connectivity index is 1.86. The lowest BCUT2D eigenvalue weighted by Crippen LogP contribution is -2.02. The molecule has 3 rings (SSSR count). The summed E-state index contributed by atoms with van der Waals surface area (Å²) in [5, 5.41) is 9.00. The highest BCUT2D eigenvalue weighted by atomic mass is 32.1. The minimum absolute atomic E-state index is 0.462. The van der Waals surface area contributed by atoms with Crippen molar-refractivity contribution in [3.63, 3.8) is 0 Å². The summed E-state index contributed by atoms with van der Waals surface area (Å²) in [4.78, 5) is 12.6. The first-order chi connectivity index (χ1) is 8.74. The lowest BCUT2D eigenvalue weighted by Gasteiger charge is -2.02. The SMILES string of the molecule is Cc1noc(CNc2ncnc3c(C)csc23)n1. The van der Waals surface area contributed by atoms with E-state index >= 15 is 0 Å². The molecule has 0 radical (unpaired) electrons. The molecule has 0 bridgehead atoms. The molecule has 6 nitrogen and oxygen atoms in total. The molecule has 0 aliphatic carbocycles. The standard InChI is InChI=1S/C11H11N5OS/c1-6-4-18-10-9(6)13-5-14-11(10)12-3-8-15-7(2)16-17-8/h4-5H,3H2,1-2H3,(H,12,13,14). The molecule has 0 saturated carbocycles. The van der Waals surface area contributed by atoms with Crippen molar-refractivity contribution in [1.82, 2.24) is 20.1 Å². The van der Waals surface area contributed by atoms with Crippen LogP contribution >= 0.6 is 11.3 Å². The van der Waals surface area contributed by atoms with Crippen molar-refractivity contribution >= 4 is 27.4 Å². The summed E-state index contributed by atoms with van der Waals surface area (Å²) in [5.41, 5.74) is 2.15. The van der Waals surface area contributed by atoms with E-state index in [1.165, 1.54) is 0 Å². The number of fused-ring (bicyclic) bond motifs is 1. The van der Waals surface area contributed by atoms with Gasteiger partial charge in [0.05, 0.1) is 16.8 Å². The van der Waals surface area contributed by atoms with Gasteiger partial charge in [-0.1, -0.05) is 5.16 Å². The van der Waals surface area contributed by atoms with Crippen molar-refractivity contribution in [2.75, 3.05) is 5.32 Å². The molecule has 0 amide bonds. The van der Waals surface area contributed by atoms with Crippen LogP contribution in [-0.4, -0.2) is 20.1 Å². The summed E-state index contributed by atoms with van der Waals surface area (Å²) in [7, 11) is 0. The second-order valence-corrected chi connectivity index (χ2v) is 4.79. The van der Waals surface area contributed by atoms with Gasteiger partial charge in [0, 0.05) is 0 Å². The van der Waals surface area contributed by atoms with E-state index in [1.807, 2.05) is 6.92 Å². The van der Waals surface area contributed by atoms with Gasteiger partial charge in [-0.15, -0.1) is 11.3 Å². The van der Waals surface area contributed by atoms with Gasteiger partial charge in [-0.25, -0.2) is 9.97 Å². The van der Waals surface area contributed by atoms with E-state index in [2.05, 4.69) is 30.8 Å². The highest BCUT2D eigenvalue weighted by Gasteiger charge is 2.09. The van der Waals surface area contributed by atoms with Crippen molar-refractivity contribution in [1.29, 1.82) is 0 Å². The Morgan fingerprint density at radius 2 is 2.22 bits per heavy atom. The van der Waals surface area contributed by atoms with E-state index in [0.29, 0.717) is 18.3 Å². The van der Waals surface area contributed by atoms with Gasteiger partial charge in [0.15, 0.2) is 5.82 Å². The molecule has 0 fully saturated rings. The molecule has 0 atom stereocenters. The van der Waals surface area contributed by atoms with Crippen LogP contribution in [0.1, 0.15) is 17.3 Å². The maximum Gasteiger partial charge on any atom is 0.245 e. The lowest BCUT2D eigenvalue weighted by molar-refractivity contribution is 0.379. The summed E-state index contributed by atoms with van der Waals surface area (Å²) >= 11 is 1.63. The average Bonchev–Trinajstić information content (AvgIpc) is 2.94. The van der Waals surface area contributed by atoms with E-state index in [4.69, 9.17) is 4.52 Å². The van der Waals surface area contributed by atoms with Crippen LogP contribution < -0.4 is 5.32 Å². The number of hydrogen-bond donors (Lipinski definition) is 1. The Bertz CT molecular complexity index is 690. The van der Waals surface area contributed by atoms with Crippen LogP contribution in [-0.2, 0) is 6.54 Å². The number of nitrogens with zero attached hydrogens (tertiary/aromatic N) is 4. The van der Waals surface area contributed by atoms with Crippen molar-refractivity contribution in [3.8, 4) is 0 Å². The quantitative estimate of drug-likeness (QED) is 0.779. The summed E-state index contributed by atoms with van der Waals surface area (Å²) in [6.45, 7) is 4.29. The topological polar surface area (TPSA) is 76.7 Å². The Kier molecular flexibility index (Phi) is 2.67. The number of aromatic nitrogens is 4. The van der Waals surface area contributed by atoms with Gasteiger partial charge in [0.25, 0.3) is 0 Å². The van der Waals surface area contributed by atoms with E-state index in [9.17, 15) is 0 Å². The predicted molar refractivity (Wildman–Crippen MR) is 68.5 cm³/mol. The van der Waals surface area contributed by atoms with Gasteiger partial charge < -0.3 is 9.84 Å². The molecule has 0 aromatic carbocycles. The van der Waals surface area contributed by atoms with Crippen LogP contribution in [0.5, 0.6) is 0 Å². The predicted octanol–water partition coefficient (Wildman–Crippen LogP) is 2.30. The van der Waals surface area contributed by atoms with E-state index in [-0.39, 0.29) is 0 Å². The normalized spacial score (nSPS) is 11.0. The molecule has 0 aliphatic rings. The van der Waals surface area contributed by atoms with Crippen LogP contribution in [0.4, 0.5) is 5.82 Å². The van der Waals surface area contributed by atoms with Crippen molar-refractivity contribution in [2.24, 2.45) is 0 Å². The summed E-state index contributed by atoms with van der Waals surface area (Å²) in [5.74, 6) is 1.98. The van der Waals surface area contributed by atoms with Gasteiger partial charge in [-0.3, -0.25) is 0 Å². The zero-order valence-corrected chi connectivity index (χ0v) is 10.8. The fraction of sp³-hybridized carbons (Fsp3) is 0.273. The minimum Gasteiger partial charge on any atom is -0.360 e. The third-order valence-electron chi connectivity index (χ3n) is 2.51. The maximum absolute atomic E-state index is 5.04. The van der Waals surface area contributed by atoms with Crippen LogP contribution in [0, 0.1) is 13.8 Å². The Labute approximate surface area is 107 Å². The Morgan fingerprint density at radius 3 is 3.00 bits per heavy atom. The number of nitrogens with one attached hydrogen (secondary N) is 1.